The highest BCUT2D eigenvalue weighted by molar-refractivity contribution is 7.92. The molecule has 1 aromatic carbocycles. The molecule has 0 spiro atoms. The third kappa shape index (κ3) is 3.27. The molecular weight excluding hydrogens is 262 g/mol. The highest BCUT2D eigenvalue weighted by Gasteiger charge is 2.18. The quantitative estimate of drug-likeness (QED) is 0.823. The van der Waals surface area contributed by atoms with Crippen LogP contribution >= 0.6 is 0 Å². The Morgan fingerprint density at radius 3 is 2.11 bits per heavy atom. The third-order valence-corrected chi connectivity index (χ3v) is 2.64. The molecular formula is C10H13NO6S. The summed E-state index contributed by atoms with van der Waals surface area (Å²) in [5, 5.41) is 9.01. The van der Waals surface area contributed by atoms with E-state index in [1.165, 1.54) is 26.4 Å². The third-order valence-electron chi connectivity index (χ3n) is 2.05. The lowest BCUT2D eigenvalue weighted by atomic mass is 10.1. The lowest BCUT2D eigenvalue weighted by Crippen LogP contribution is -2.13. The summed E-state index contributed by atoms with van der Waals surface area (Å²) < 4.78 is 34.3. The van der Waals surface area contributed by atoms with Gasteiger partial charge in [-0.15, -0.1) is 0 Å². The summed E-state index contributed by atoms with van der Waals surface area (Å²) >= 11 is 0. The number of nitrogens with one attached hydrogen (secondary N) is 1. The number of sulfonamides is 1. The number of anilines is 1. The monoisotopic (exact) mass is 275 g/mol. The molecule has 0 fully saturated rings. The molecule has 0 unspecified atom stereocenters. The van der Waals surface area contributed by atoms with Crippen LogP contribution in [0.15, 0.2) is 12.1 Å². The molecule has 0 aliphatic rings. The van der Waals surface area contributed by atoms with Crippen molar-refractivity contribution in [1.82, 2.24) is 0 Å². The Balaban J connectivity index is 3.42. The van der Waals surface area contributed by atoms with E-state index >= 15 is 0 Å². The van der Waals surface area contributed by atoms with Gasteiger partial charge in [-0.1, -0.05) is 0 Å². The minimum atomic E-state index is -3.59. The Kier molecular flexibility index (Phi) is 4.02. The topological polar surface area (TPSA) is 102 Å². The second-order valence-corrected chi connectivity index (χ2v) is 5.18. The molecule has 0 heterocycles. The number of rotatable bonds is 5. The number of carboxylic acids is 1. The van der Waals surface area contributed by atoms with Crippen LogP contribution < -0.4 is 14.2 Å². The van der Waals surface area contributed by atoms with Crippen LogP contribution in [-0.2, 0) is 10.0 Å². The van der Waals surface area contributed by atoms with E-state index in [0.29, 0.717) is 0 Å². The van der Waals surface area contributed by atoms with E-state index < -0.39 is 16.0 Å². The van der Waals surface area contributed by atoms with Gasteiger partial charge in [0.25, 0.3) is 0 Å². The maximum absolute atomic E-state index is 11.2. The highest BCUT2D eigenvalue weighted by atomic mass is 32.2. The number of ether oxygens (including phenoxy) is 2. The van der Waals surface area contributed by atoms with Gasteiger partial charge >= 0.3 is 5.97 Å². The summed E-state index contributed by atoms with van der Waals surface area (Å²) in [7, 11) is -0.870. The van der Waals surface area contributed by atoms with Crippen molar-refractivity contribution in [3.05, 3.63) is 17.7 Å². The fraction of sp³-hybridized carbons (Fsp3) is 0.300. The first-order valence-corrected chi connectivity index (χ1v) is 6.64. The van der Waals surface area contributed by atoms with Gasteiger partial charge in [-0.3, -0.25) is 4.72 Å². The molecule has 0 aliphatic carbocycles. The fourth-order valence-electron chi connectivity index (χ4n) is 1.34. The predicted octanol–water partition coefficient (Wildman–Crippen LogP) is 0.773. The average molecular weight is 275 g/mol. The summed E-state index contributed by atoms with van der Waals surface area (Å²) in [6.07, 6.45) is 0.926. The summed E-state index contributed by atoms with van der Waals surface area (Å²) in [6, 6.07) is 2.44. The first-order valence-electron chi connectivity index (χ1n) is 4.75. The SMILES string of the molecule is COc1cc(NS(C)(=O)=O)c(C(=O)O)cc1OC. The molecule has 0 atom stereocenters. The number of hydrogen-bond acceptors (Lipinski definition) is 5. The second kappa shape index (κ2) is 5.13. The molecule has 0 aliphatic heterocycles. The van der Waals surface area contributed by atoms with E-state index in [9.17, 15) is 13.2 Å². The van der Waals surface area contributed by atoms with Crippen LogP contribution in [0.5, 0.6) is 11.5 Å². The van der Waals surface area contributed by atoms with E-state index in [4.69, 9.17) is 14.6 Å². The molecule has 0 saturated heterocycles. The number of aromatic carboxylic acids is 1. The average Bonchev–Trinajstić information content (AvgIpc) is 2.25. The van der Waals surface area contributed by atoms with Gasteiger partial charge in [0.1, 0.15) is 0 Å². The molecule has 7 nitrogen and oxygen atoms in total. The summed E-state index contributed by atoms with van der Waals surface area (Å²) in [5.41, 5.74) is -0.305. The van der Waals surface area contributed by atoms with Crippen LogP contribution in [-0.4, -0.2) is 40.0 Å². The zero-order valence-corrected chi connectivity index (χ0v) is 10.9. The van der Waals surface area contributed by atoms with Crippen molar-refractivity contribution < 1.29 is 27.8 Å². The van der Waals surface area contributed by atoms with Crippen LogP contribution in [0, 0.1) is 0 Å². The maximum atomic E-state index is 11.2. The lowest BCUT2D eigenvalue weighted by Gasteiger charge is -2.13. The molecule has 1 rings (SSSR count). The van der Waals surface area contributed by atoms with E-state index in [0.717, 1.165) is 6.26 Å². The number of carbonyl (C=O) groups is 1. The first-order chi connectivity index (χ1) is 8.28. The highest BCUT2D eigenvalue weighted by Crippen LogP contribution is 2.33. The van der Waals surface area contributed by atoms with Crippen molar-refractivity contribution >= 4 is 21.7 Å². The van der Waals surface area contributed by atoms with Crippen molar-refractivity contribution in [3.63, 3.8) is 0 Å². The van der Waals surface area contributed by atoms with Gasteiger partial charge in [-0.25, -0.2) is 13.2 Å². The number of benzene rings is 1. The minimum Gasteiger partial charge on any atom is -0.493 e. The van der Waals surface area contributed by atoms with Crippen molar-refractivity contribution in [3.8, 4) is 11.5 Å². The standard InChI is InChI=1S/C10H13NO6S/c1-16-8-4-6(10(12)13)7(5-9(8)17-2)11-18(3,14)15/h4-5,11H,1-3H3,(H,12,13). The second-order valence-electron chi connectivity index (χ2n) is 3.43. The molecule has 0 bridgehead atoms. The molecule has 0 radical (unpaired) electrons. The molecule has 8 heteroatoms. The largest absolute Gasteiger partial charge is 0.493 e. The zero-order chi connectivity index (χ0) is 13.9. The smallest absolute Gasteiger partial charge is 0.337 e. The van der Waals surface area contributed by atoms with Crippen LogP contribution in [0.1, 0.15) is 10.4 Å². The summed E-state index contributed by atoms with van der Waals surface area (Å²) in [6.45, 7) is 0. The zero-order valence-electron chi connectivity index (χ0n) is 10.1. The minimum absolute atomic E-state index is 0.0809. The first kappa shape index (κ1) is 14.1. The van der Waals surface area contributed by atoms with Crippen LogP contribution in [0.2, 0.25) is 0 Å². The van der Waals surface area contributed by atoms with E-state index in [-0.39, 0.29) is 22.7 Å². The van der Waals surface area contributed by atoms with Crippen LogP contribution in [0.25, 0.3) is 0 Å². The van der Waals surface area contributed by atoms with Gasteiger partial charge in [0.15, 0.2) is 11.5 Å². The van der Waals surface area contributed by atoms with Crippen molar-refractivity contribution in [2.75, 3.05) is 25.2 Å². The maximum Gasteiger partial charge on any atom is 0.337 e. The Labute approximate surface area is 104 Å². The van der Waals surface area contributed by atoms with Gasteiger partial charge in [0.05, 0.1) is 31.7 Å². The number of carboxylic acid groups (broad SMARTS) is 1. The van der Waals surface area contributed by atoms with Gasteiger partial charge in [-0.05, 0) is 0 Å². The molecule has 0 amide bonds. The van der Waals surface area contributed by atoms with Crippen LogP contribution in [0.3, 0.4) is 0 Å². The van der Waals surface area contributed by atoms with Gasteiger partial charge in [-0.2, -0.15) is 0 Å². The van der Waals surface area contributed by atoms with Crippen molar-refractivity contribution in [2.45, 2.75) is 0 Å². The van der Waals surface area contributed by atoms with Gasteiger partial charge in [0.2, 0.25) is 10.0 Å². The Bertz CT molecular complexity index is 566. The number of methoxy groups -OCH3 is 2. The Morgan fingerprint density at radius 2 is 1.72 bits per heavy atom. The van der Waals surface area contributed by atoms with Crippen LogP contribution in [0.4, 0.5) is 5.69 Å². The van der Waals surface area contributed by atoms with Crippen molar-refractivity contribution in [1.29, 1.82) is 0 Å². The predicted molar refractivity (Wildman–Crippen MR) is 65.0 cm³/mol. The number of hydrogen-bond donors (Lipinski definition) is 2. The summed E-state index contributed by atoms with van der Waals surface area (Å²) in [4.78, 5) is 11.0. The Hall–Kier alpha value is -1.96. The van der Waals surface area contributed by atoms with E-state index in [1.807, 2.05) is 0 Å². The van der Waals surface area contributed by atoms with Gasteiger partial charge in [0, 0.05) is 12.1 Å². The Morgan fingerprint density at radius 1 is 1.22 bits per heavy atom. The normalized spacial score (nSPS) is 10.8. The molecule has 100 valence electrons. The lowest BCUT2D eigenvalue weighted by molar-refractivity contribution is 0.0697. The molecule has 2 N–H and O–H groups in total. The molecule has 1 aromatic rings. The molecule has 18 heavy (non-hydrogen) atoms. The molecule has 0 saturated carbocycles. The van der Waals surface area contributed by atoms with Gasteiger partial charge < -0.3 is 14.6 Å². The van der Waals surface area contributed by atoms with Crippen molar-refractivity contribution in [2.24, 2.45) is 0 Å². The summed E-state index contributed by atoms with van der Waals surface area (Å²) in [5.74, 6) is -0.843. The molecule has 0 aromatic heterocycles. The van der Waals surface area contributed by atoms with E-state index in [2.05, 4.69) is 4.72 Å². The fourth-order valence-corrected chi connectivity index (χ4v) is 1.91. The van der Waals surface area contributed by atoms with E-state index in [1.54, 1.807) is 0 Å².